The fourth-order valence-electron chi connectivity index (χ4n) is 2.86. The predicted octanol–water partition coefficient (Wildman–Crippen LogP) is 2.68. The zero-order chi connectivity index (χ0) is 15.3. The van der Waals surface area contributed by atoms with Gasteiger partial charge in [-0.1, -0.05) is 23.7 Å². The standard InChI is InChI=1S/C16H17ClN2O2/c1-15(18)16(20,10-3-6-12(21-2)7-4-10)13-9-11(17)5-8-14(13)19-15/h3-9,19-20H,18H2,1-2H3. The van der Waals surface area contributed by atoms with Gasteiger partial charge in [0.2, 0.25) is 0 Å². The molecular weight excluding hydrogens is 288 g/mol. The fourth-order valence-corrected chi connectivity index (χ4v) is 3.03. The van der Waals surface area contributed by atoms with Crippen LogP contribution >= 0.6 is 11.6 Å². The van der Waals surface area contributed by atoms with Crippen molar-refractivity contribution in [1.29, 1.82) is 0 Å². The van der Waals surface area contributed by atoms with Crippen LogP contribution in [0, 0.1) is 0 Å². The van der Waals surface area contributed by atoms with E-state index in [2.05, 4.69) is 5.32 Å². The van der Waals surface area contributed by atoms with E-state index in [0.717, 1.165) is 11.4 Å². The number of methoxy groups -OCH3 is 1. The van der Waals surface area contributed by atoms with Crippen LogP contribution in [0.1, 0.15) is 18.1 Å². The van der Waals surface area contributed by atoms with Crippen LogP contribution in [0.5, 0.6) is 5.75 Å². The zero-order valence-electron chi connectivity index (χ0n) is 11.9. The zero-order valence-corrected chi connectivity index (χ0v) is 12.6. The number of aliphatic hydroxyl groups is 1. The second-order valence-electron chi connectivity index (χ2n) is 5.46. The normalized spacial score (nSPS) is 27.1. The van der Waals surface area contributed by atoms with Crippen LogP contribution in [-0.4, -0.2) is 17.9 Å². The van der Waals surface area contributed by atoms with Crippen LogP contribution in [0.25, 0.3) is 0 Å². The van der Waals surface area contributed by atoms with E-state index in [1.807, 2.05) is 18.2 Å². The number of hydrogen-bond donors (Lipinski definition) is 3. The molecule has 21 heavy (non-hydrogen) atoms. The van der Waals surface area contributed by atoms with Crippen molar-refractivity contribution in [3.05, 3.63) is 58.6 Å². The summed E-state index contributed by atoms with van der Waals surface area (Å²) in [5, 5.41) is 15.1. The second-order valence-corrected chi connectivity index (χ2v) is 5.89. The Labute approximate surface area is 128 Å². The Morgan fingerprint density at radius 2 is 1.86 bits per heavy atom. The van der Waals surface area contributed by atoms with Crippen molar-refractivity contribution in [2.75, 3.05) is 12.4 Å². The minimum absolute atomic E-state index is 0.556. The number of ether oxygens (including phenoxy) is 1. The van der Waals surface area contributed by atoms with Gasteiger partial charge in [0.05, 0.1) is 7.11 Å². The van der Waals surface area contributed by atoms with E-state index in [1.165, 1.54) is 0 Å². The van der Waals surface area contributed by atoms with Gasteiger partial charge < -0.3 is 20.9 Å². The molecule has 1 aliphatic rings. The highest BCUT2D eigenvalue weighted by molar-refractivity contribution is 6.30. The van der Waals surface area contributed by atoms with E-state index >= 15 is 0 Å². The number of nitrogens with two attached hydrogens (primary N) is 1. The maximum absolute atomic E-state index is 11.3. The molecule has 1 aliphatic heterocycles. The van der Waals surface area contributed by atoms with Crippen LogP contribution in [-0.2, 0) is 5.60 Å². The molecule has 110 valence electrons. The molecule has 3 rings (SSSR count). The molecule has 2 atom stereocenters. The smallest absolute Gasteiger partial charge is 0.152 e. The van der Waals surface area contributed by atoms with E-state index in [1.54, 1.807) is 38.3 Å². The predicted molar refractivity (Wildman–Crippen MR) is 83.7 cm³/mol. The summed E-state index contributed by atoms with van der Waals surface area (Å²) in [6, 6.07) is 12.5. The number of rotatable bonds is 2. The fraction of sp³-hybridized carbons (Fsp3) is 0.250. The maximum atomic E-state index is 11.3. The summed E-state index contributed by atoms with van der Waals surface area (Å²) in [5.74, 6) is 0.721. The molecule has 4 N–H and O–H groups in total. The summed E-state index contributed by atoms with van der Waals surface area (Å²) in [5.41, 5.74) is 6.04. The van der Waals surface area contributed by atoms with Crippen molar-refractivity contribution in [2.24, 2.45) is 5.73 Å². The average Bonchev–Trinajstić information content (AvgIpc) is 2.67. The van der Waals surface area contributed by atoms with E-state index in [4.69, 9.17) is 22.1 Å². The summed E-state index contributed by atoms with van der Waals surface area (Å²) in [4.78, 5) is 0. The number of fused-ring (bicyclic) bond motifs is 1. The SMILES string of the molecule is COc1ccc(C2(O)c3cc(Cl)ccc3NC2(C)N)cc1. The Hall–Kier alpha value is -1.75. The van der Waals surface area contributed by atoms with Gasteiger partial charge in [-0.15, -0.1) is 0 Å². The minimum atomic E-state index is -1.38. The highest BCUT2D eigenvalue weighted by Crippen LogP contribution is 2.48. The lowest BCUT2D eigenvalue weighted by Gasteiger charge is -2.37. The largest absolute Gasteiger partial charge is 0.497 e. The number of anilines is 1. The summed E-state index contributed by atoms with van der Waals surface area (Å²) >= 11 is 6.08. The lowest BCUT2D eigenvalue weighted by atomic mass is 9.80. The van der Waals surface area contributed by atoms with Crippen molar-refractivity contribution >= 4 is 17.3 Å². The van der Waals surface area contributed by atoms with Crippen molar-refractivity contribution < 1.29 is 9.84 Å². The first-order valence-corrected chi connectivity index (χ1v) is 7.00. The van der Waals surface area contributed by atoms with Gasteiger partial charge in [0.1, 0.15) is 11.4 Å². The third kappa shape index (κ3) is 1.99. The van der Waals surface area contributed by atoms with E-state index in [-0.39, 0.29) is 0 Å². The molecule has 0 aromatic heterocycles. The lowest BCUT2D eigenvalue weighted by molar-refractivity contribution is 0.0280. The molecule has 2 unspecified atom stereocenters. The molecule has 5 heteroatoms. The Balaban J connectivity index is 2.19. The number of nitrogens with one attached hydrogen (secondary N) is 1. The highest BCUT2D eigenvalue weighted by Gasteiger charge is 2.53. The Morgan fingerprint density at radius 1 is 1.19 bits per heavy atom. The molecule has 0 bridgehead atoms. The topological polar surface area (TPSA) is 67.5 Å². The van der Waals surface area contributed by atoms with Crippen molar-refractivity contribution in [2.45, 2.75) is 18.2 Å². The van der Waals surface area contributed by atoms with Crippen LogP contribution < -0.4 is 15.8 Å². The second kappa shape index (κ2) is 4.63. The molecule has 0 amide bonds. The van der Waals surface area contributed by atoms with E-state index in [0.29, 0.717) is 16.1 Å². The first kappa shape index (κ1) is 14.2. The van der Waals surface area contributed by atoms with Crippen LogP contribution in [0.15, 0.2) is 42.5 Å². The van der Waals surface area contributed by atoms with Gasteiger partial charge in [-0.2, -0.15) is 0 Å². The summed E-state index contributed by atoms with van der Waals surface area (Å²) < 4.78 is 5.16. The van der Waals surface area contributed by atoms with Gasteiger partial charge in [0, 0.05) is 16.3 Å². The molecule has 1 heterocycles. The average molecular weight is 305 g/mol. The molecule has 0 fully saturated rings. The Kier molecular flexibility index (Phi) is 3.13. The van der Waals surface area contributed by atoms with Crippen LogP contribution in [0.3, 0.4) is 0 Å². The molecule has 2 aromatic carbocycles. The molecule has 0 spiro atoms. The summed E-state index contributed by atoms with van der Waals surface area (Å²) in [6.07, 6.45) is 0. The molecule has 4 nitrogen and oxygen atoms in total. The summed E-state index contributed by atoms with van der Waals surface area (Å²) in [6.45, 7) is 1.76. The first-order chi connectivity index (χ1) is 9.88. The molecule has 0 saturated heterocycles. The van der Waals surface area contributed by atoms with Gasteiger partial charge in [-0.05, 0) is 42.8 Å². The van der Waals surface area contributed by atoms with Gasteiger partial charge in [0.15, 0.2) is 5.60 Å². The Morgan fingerprint density at radius 3 is 2.48 bits per heavy atom. The van der Waals surface area contributed by atoms with Gasteiger partial charge in [-0.25, -0.2) is 0 Å². The molecule has 0 saturated carbocycles. The summed E-state index contributed by atoms with van der Waals surface area (Å²) in [7, 11) is 1.60. The van der Waals surface area contributed by atoms with Crippen molar-refractivity contribution in [1.82, 2.24) is 0 Å². The molecule has 2 aromatic rings. The maximum Gasteiger partial charge on any atom is 0.152 e. The third-order valence-corrected chi connectivity index (χ3v) is 4.26. The van der Waals surface area contributed by atoms with E-state index < -0.39 is 11.3 Å². The third-order valence-electron chi connectivity index (χ3n) is 4.03. The highest BCUT2D eigenvalue weighted by atomic mass is 35.5. The quantitative estimate of drug-likeness (QED) is 0.798. The van der Waals surface area contributed by atoms with Crippen molar-refractivity contribution in [3.63, 3.8) is 0 Å². The number of hydrogen-bond acceptors (Lipinski definition) is 4. The monoisotopic (exact) mass is 304 g/mol. The molecule has 0 radical (unpaired) electrons. The molecule has 0 aliphatic carbocycles. The first-order valence-electron chi connectivity index (χ1n) is 6.62. The van der Waals surface area contributed by atoms with E-state index in [9.17, 15) is 5.11 Å². The minimum Gasteiger partial charge on any atom is -0.497 e. The lowest BCUT2D eigenvalue weighted by Crippen LogP contribution is -2.57. The van der Waals surface area contributed by atoms with Gasteiger partial charge >= 0.3 is 0 Å². The van der Waals surface area contributed by atoms with Crippen molar-refractivity contribution in [3.8, 4) is 5.75 Å². The van der Waals surface area contributed by atoms with Gasteiger partial charge in [-0.3, -0.25) is 0 Å². The number of halogens is 1. The number of benzene rings is 2. The van der Waals surface area contributed by atoms with Crippen LogP contribution in [0.2, 0.25) is 5.02 Å². The Bertz CT molecular complexity index is 685. The van der Waals surface area contributed by atoms with Gasteiger partial charge in [0.25, 0.3) is 0 Å². The van der Waals surface area contributed by atoms with Crippen LogP contribution in [0.4, 0.5) is 5.69 Å². The molecular formula is C16H17ClN2O2.